The minimum Gasteiger partial charge on any atom is -0.454 e. The molecule has 17 nitrogen and oxygen atoms in total. The lowest BCUT2D eigenvalue weighted by atomic mass is 9.92. The SMILES string of the molecule is CCCCCCCCCCCCCC=C[C@@H](OC(=O)c1ccccc1)[C@H](CO[C@@]1(C)O[C@H](COC(=O)OCC)[C@H](OC(=O)OCC)[C@H](OC(=O)c2ccccc2)[C@H]1OC(=O)c1ccccc1)N=[N+]=[N-]. The molecule has 0 amide bonds. The molecule has 3 aromatic rings. The van der Waals surface area contributed by atoms with Crippen LogP contribution in [-0.4, -0.2) is 99.0 Å². The highest BCUT2D eigenvalue weighted by Gasteiger charge is 2.60. The zero-order valence-corrected chi connectivity index (χ0v) is 40.1. The van der Waals surface area contributed by atoms with Gasteiger partial charge in [-0.15, -0.1) is 0 Å². The Bertz CT molecular complexity index is 2090. The molecule has 0 aliphatic carbocycles. The van der Waals surface area contributed by atoms with Crippen molar-refractivity contribution in [3.05, 3.63) is 130 Å². The van der Waals surface area contributed by atoms with Crippen molar-refractivity contribution in [3.63, 3.8) is 0 Å². The van der Waals surface area contributed by atoms with Crippen LogP contribution in [-0.2, 0) is 42.6 Å². The first kappa shape index (κ1) is 55.2. The molecule has 0 radical (unpaired) electrons. The van der Waals surface area contributed by atoms with Gasteiger partial charge in [-0.3, -0.25) is 0 Å². The Morgan fingerprint density at radius 1 is 0.652 bits per heavy atom. The number of ether oxygens (including phenoxy) is 9. The molecule has 0 bridgehead atoms. The number of hydrogen-bond acceptors (Lipinski definition) is 15. The van der Waals surface area contributed by atoms with Gasteiger partial charge < -0.3 is 42.6 Å². The molecule has 0 saturated carbocycles. The summed E-state index contributed by atoms with van der Waals surface area (Å²) in [5.41, 5.74) is 10.3. The summed E-state index contributed by atoms with van der Waals surface area (Å²) in [7, 11) is 0. The average molecular weight is 958 g/mol. The molecule has 4 rings (SSSR count). The third kappa shape index (κ3) is 18.9. The zero-order valence-electron chi connectivity index (χ0n) is 40.1. The summed E-state index contributed by atoms with van der Waals surface area (Å²) in [5.74, 6) is -4.73. The summed E-state index contributed by atoms with van der Waals surface area (Å²) in [6.45, 7) is 5.33. The molecule has 1 saturated heterocycles. The number of unbranched alkanes of at least 4 members (excludes halogenated alkanes) is 11. The molecule has 17 heteroatoms. The van der Waals surface area contributed by atoms with Crippen molar-refractivity contribution >= 4 is 30.2 Å². The summed E-state index contributed by atoms with van der Waals surface area (Å²) in [4.78, 5) is 70.2. The Kier molecular flexibility index (Phi) is 24.7. The van der Waals surface area contributed by atoms with Crippen LogP contribution in [0, 0.1) is 0 Å². The Balaban J connectivity index is 1.69. The maximum absolute atomic E-state index is 14.0. The maximum atomic E-state index is 14.0. The molecule has 374 valence electrons. The van der Waals surface area contributed by atoms with Crippen molar-refractivity contribution in [1.29, 1.82) is 0 Å². The monoisotopic (exact) mass is 957 g/mol. The molecule has 1 heterocycles. The van der Waals surface area contributed by atoms with Gasteiger partial charge in [-0.1, -0.05) is 137 Å². The molecule has 1 aliphatic heterocycles. The first-order chi connectivity index (χ1) is 33.5. The molecular weight excluding hydrogens is 891 g/mol. The lowest BCUT2D eigenvalue weighted by molar-refractivity contribution is -0.355. The second kappa shape index (κ2) is 30.9. The van der Waals surface area contributed by atoms with Gasteiger partial charge in [0.1, 0.15) is 24.9 Å². The van der Waals surface area contributed by atoms with Crippen molar-refractivity contribution in [2.75, 3.05) is 26.4 Å². The predicted molar refractivity (Wildman–Crippen MR) is 254 cm³/mol. The Labute approximate surface area is 404 Å². The average Bonchev–Trinajstić information content (AvgIpc) is 3.36. The van der Waals surface area contributed by atoms with Crippen LogP contribution in [0.5, 0.6) is 0 Å². The van der Waals surface area contributed by atoms with Crippen molar-refractivity contribution < 1.29 is 66.6 Å². The summed E-state index contributed by atoms with van der Waals surface area (Å²) in [5, 5.41) is 3.99. The molecule has 1 aliphatic rings. The van der Waals surface area contributed by atoms with Crippen molar-refractivity contribution in [3.8, 4) is 0 Å². The second-order valence-corrected chi connectivity index (χ2v) is 16.4. The molecule has 0 N–H and O–H groups in total. The second-order valence-electron chi connectivity index (χ2n) is 16.4. The molecule has 3 aromatic carbocycles. The van der Waals surface area contributed by atoms with Gasteiger partial charge in [0.25, 0.3) is 0 Å². The van der Waals surface area contributed by atoms with Crippen molar-refractivity contribution in [2.24, 2.45) is 5.11 Å². The number of rotatable bonds is 29. The number of nitrogens with zero attached hydrogens (tertiary/aromatic N) is 3. The predicted octanol–water partition coefficient (Wildman–Crippen LogP) is 11.4. The largest absolute Gasteiger partial charge is 0.508 e. The van der Waals surface area contributed by atoms with Crippen LogP contribution in [0.1, 0.15) is 136 Å². The van der Waals surface area contributed by atoms with E-state index in [1.54, 1.807) is 86.7 Å². The standard InChI is InChI=1S/C52H67N3O14/c1-5-8-9-10-11-12-13-14-15-16-17-18-28-35-42(65-47(56)38-29-22-19-23-30-38)41(54-55-53)36-64-52(4)46(68-49(58)40-33-26-21-27-34-40)45(66-48(57)39-31-24-20-25-32-39)44(67-51(60)62-7-3)43(69-52)37-63-50(59)61-6-2/h19-35,41-46H,5-18,36-37H2,1-4H3/t41-,42+,43+,44-,45-,46+,52-/m0/s1. The highest BCUT2D eigenvalue weighted by atomic mass is 16.8. The van der Waals surface area contributed by atoms with Gasteiger partial charge in [-0.05, 0) is 81.6 Å². The fourth-order valence-electron chi connectivity index (χ4n) is 7.58. The van der Waals surface area contributed by atoms with E-state index < -0.39 is 85.8 Å². The van der Waals surface area contributed by atoms with E-state index in [4.69, 9.17) is 42.6 Å². The Hall–Kier alpha value is -6.42. The summed E-state index contributed by atoms with van der Waals surface area (Å²) < 4.78 is 52.3. The molecule has 7 atom stereocenters. The highest BCUT2D eigenvalue weighted by Crippen LogP contribution is 2.38. The van der Waals surface area contributed by atoms with E-state index in [2.05, 4.69) is 16.9 Å². The Morgan fingerprint density at radius 3 is 1.70 bits per heavy atom. The number of benzene rings is 3. The first-order valence-corrected chi connectivity index (χ1v) is 24.0. The molecule has 1 fully saturated rings. The number of hydrogen-bond donors (Lipinski definition) is 0. The highest BCUT2D eigenvalue weighted by molar-refractivity contribution is 5.91. The molecule has 0 aromatic heterocycles. The number of esters is 3. The van der Waals surface area contributed by atoms with Gasteiger partial charge in [0.05, 0.1) is 36.5 Å². The van der Waals surface area contributed by atoms with Crippen LogP contribution < -0.4 is 0 Å². The lowest BCUT2D eigenvalue weighted by Gasteiger charge is -2.49. The van der Waals surface area contributed by atoms with E-state index >= 15 is 0 Å². The van der Waals surface area contributed by atoms with E-state index in [0.717, 1.165) is 25.7 Å². The fraction of sp³-hybridized carbons (Fsp3) is 0.519. The van der Waals surface area contributed by atoms with Gasteiger partial charge in [0.2, 0.25) is 5.79 Å². The van der Waals surface area contributed by atoms with Crippen LogP contribution in [0.3, 0.4) is 0 Å². The fourth-order valence-corrected chi connectivity index (χ4v) is 7.58. The molecule has 0 spiro atoms. The minimum absolute atomic E-state index is 0.0344. The van der Waals surface area contributed by atoms with Crippen LogP contribution in [0.25, 0.3) is 10.4 Å². The Morgan fingerprint density at radius 2 is 1.16 bits per heavy atom. The van der Waals surface area contributed by atoms with Gasteiger partial charge in [-0.25, -0.2) is 24.0 Å². The van der Waals surface area contributed by atoms with E-state index in [9.17, 15) is 29.5 Å². The third-order valence-corrected chi connectivity index (χ3v) is 11.2. The van der Waals surface area contributed by atoms with Gasteiger partial charge in [0.15, 0.2) is 18.3 Å². The molecule has 0 unspecified atom stereocenters. The lowest BCUT2D eigenvalue weighted by Crippen LogP contribution is -2.68. The molecular formula is C52H67N3O14. The van der Waals surface area contributed by atoms with E-state index in [0.29, 0.717) is 6.42 Å². The normalized spacial score (nSPS) is 19.5. The van der Waals surface area contributed by atoms with Crippen LogP contribution >= 0.6 is 0 Å². The van der Waals surface area contributed by atoms with Crippen molar-refractivity contribution in [2.45, 2.75) is 147 Å². The van der Waals surface area contributed by atoms with Crippen LogP contribution in [0.15, 0.2) is 108 Å². The van der Waals surface area contributed by atoms with Gasteiger partial charge >= 0.3 is 30.2 Å². The van der Waals surface area contributed by atoms with Crippen LogP contribution in [0.2, 0.25) is 0 Å². The van der Waals surface area contributed by atoms with Gasteiger partial charge in [0, 0.05) is 4.91 Å². The zero-order chi connectivity index (χ0) is 49.7. The molecule has 69 heavy (non-hydrogen) atoms. The summed E-state index contributed by atoms with van der Waals surface area (Å²) in [6, 6.07) is 22.8. The first-order valence-electron chi connectivity index (χ1n) is 24.0. The van der Waals surface area contributed by atoms with E-state index in [1.165, 1.54) is 76.1 Å². The summed E-state index contributed by atoms with van der Waals surface area (Å²) in [6.07, 6.45) is 6.90. The maximum Gasteiger partial charge on any atom is 0.508 e. The number of allylic oxidation sites excluding steroid dienone is 1. The summed E-state index contributed by atoms with van der Waals surface area (Å²) >= 11 is 0. The van der Waals surface area contributed by atoms with Crippen molar-refractivity contribution in [1.82, 2.24) is 0 Å². The smallest absolute Gasteiger partial charge is 0.454 e. The van der Waals surface area contributed by atoms with E-state index in [1.807, 2.05) is 6.08 Å². The number of carbonyl (C=O) groups is 5. The van der Waals surface area contributed by atoms with Crippen LogP contribution in [0.4, 0.5) is 9.59 Å². The van der Waals surface area contributed by atoms with Gasteiger partial charge in [-0.2, -0.15) is 0 Å². The minimum atomic E-state index is -2.19. The number of azide groups is 1. The topological polar surface area (TPSA) is 217 Å². The van der Waals surface area contributed by atoms with E-state index in [-0.39, 0.29) is 29.9 Å². The number of carbonyl (C=O) groups excluding carboxylic acids is 5. The third-order valence-electron chi connectivity index (χ3n) is 11.2. The quantitative estimate of drug-likeness (QED) is 0.0120.